The summed E-state index contributed by atoms with van der Waals surface area (Å²) in [4.78, 5) is 2.60. The van der Waals surface area contributed by atoms with E-state index in [1.807, 2.05) is 7.05 Å². The maximum absolute atomic E-state index is 5.87. The van der Waals surface area contributed by atoms with Gasteiger partial charge in [-0.2, -0.15) is 0 Å². The monoisotopic (exact) mass is 256 g/mol. The number of unbranched alkanes of at least 4 members (excludes halogenated alkanes) is 3. The average Bonchev–Trinajstić information content (AvgIpc) is 2.41. The normalized spacial score (nSPS) is 21.3. The molecule has 108 valence electrons. The third-order valence-corrected chi connectivity index (χ3v) is 3.67. The second kappa shape index (κ2) is 10.8. The van der Waals surface area contributed by atoms with Crippen molar-refractivity contribution in [2.24, 2.45) is 0 Å². The highest BCUT2D eigenvalue weighted by Gasteiger charge is 2.19. The molecule has 0 aromatic rings. The minimum absolute atomic E-state index is 0.503. The third-order valence-electron chi connectivity index (χ3n) is 3.67. The van der Waals surface area contributed by atoms with Crippen LogP contribution in [0.1, 0.15) is 51.9 Å². The number of piperidine rings is 1. The maximum Gasteiger partial charge on any atom is 0.0702 e. The first-order valence-electron chi connectivity index (χ1n) is 7.85. The zero-order valence-electron chi connectivity index (χ0n) is 12.4. The van der Waals surface area contributed by atoms with E-state index in [2.05, 4.69) is 17.1 Å². The van der Waals surface area contributed by atoms with Gasteiger partial charge < -0.3 is 15.0 Å². The molecule has 0 aromatic heterocycles. The van der Waals surface area contributed by atoms with Gasteiger partial charge in [0.1, 0.15) is 0 Å². The Morgan fingerprint density at radius 3 is 2.83 bits per heavy atom. The number of nitrogens with one attached hydrogen (secondary N) is 1. The SMILES string of the molecule is CCCOC1CCCN(CCCCCCNC)C1. The molecule has 1 unspecified atom stereocenters. The number of rotatable bonds is 10. The Bertz CT molecular complexity index is 187. The van der Waals surface area contributed by atoms with Gasteiger partial charge in [-0.15, -0.1) is 0 Å². The van der Waals surface area contributed by atoms with Crippen LogP contribution in [0.2, 0.25) is 0 Å². The lowest BCUT2D eigenvalue weighted by atomic mass is 10.1. The molecule has 0 aromatic carbocycles. The first-order valence-corrected chi connectivity index (χ1v) is 7.85. The van der Waals surface area contributed by atoms with Crippen molar-refractivity contribution >= 4 is 0 Å². The Morgan fingerprint density at radius 2 is 2.06 bits per heavy atom. The molecule has 1 fully saturated rings. The number of nitrogens with zero attached hydrogens (tertiary/aromatic N) is 1. The van der Waals surface area contributed by atoms with E-state index in [-0.39, 0.29) is 0 Å². The van der Waals surface area contributed by atoms with E-state index in [0.29, 0.717) is 6.10 Å². The van der Waals surface area contributed by atoms with Crippen LogP contribution in [0.4, 0.5) is 0 Å². The Labute approximate surface area is 113 Å². The van der Waals surface area contributed by atoms with Crippen molar-refractivity contribution in [3.8, 4) is 0 Å². The van der Waals surface area contributed by atoms with Gasteiger partial charge in [0, 0.05) is 13.2 Å². The van der Waals surface area contributed by atoms with E-state index in [4.69, 9.17) is 4.74 Å². The number of likely N-dealkylation sites (tertiary alicyclic amines) is 1. The smallest absolute Gasteiger partial charge is 0.0702 e. The van der Waals surface area contributed by atoms with Crippen LogP contribution in [0.25, 0.3) is 0 Å². The predicted molar refractivity (Wildman–Crippen MR) is 78.1 cm³/mol. The van der Waals surface area contributed by atoms with E-state index in [1.165, 1.54) is 51.6 Å². The van der Waals surface area contributed by atoms with E-state index in [1.54, 1.807) is 0 Å². The van der Waals surface area contributed by atoms with Crippen molar-refractivity contribution in [1.29, 1.82) is 0 Å². The fraction of sp³-hybridized carbons (Fsp3) is 1.00. The predicted octanol–water partition coefficient (Wildman–Crippen LogP) is 2.66. The molecule has 1 aliphatic rings. The zero-order valence-corrected chi connectivity index (χ0v) is 12.4. The van der Waals surface area contributed by atoms with Gasteiger partial charge in [0.05, 0.1) is 6.10 Å². The summed E-state index contributed by atoms with van der Waals surface area (Å²) in [5.41, 5.74) is 0. The summed E-state index contributed by atoms with van der Waals surface area (Å²) in [6, 6.07) is 0. The molecule has 0 bridgehead atoms. The van der Waals surface area contributed by atoms with Crippen LogP contribution in [-0.4, -0.2) is 50.8 Å². The Kier molecular flexibility index (Phi) is 9.54. The van der Waals surface area contributed by atoms with Gasteiger partial charge in [0.15, 0.2) is 0 Å². The second-order valence-corrected chi connectivity index (χ2v) is 5.45. The Hall–Kier alpha value is -0.120. The Balaban J connectivity index is 2.00. The van der Waals surface area contributed by atoms with Crippen LogP contribution < -0.4 is 5.32 Å². The molecule has 1 heterocycles. The largest absolute Gasteiger partial charge is 0.377 e. The van der Waals surface area contributed by atoms with Gasteiger partial charge in [-0.1, -0.05) is 19.8 Å². The maximum atomic E-state index is 5.87. The lowest BCUT2D eigenvalue weighted by molar-refractivity contribution is -0.000360. The molecule has 18 heavy (non-hydrogen) atoms. The Morgan fingerprint density at radius 1 is 1.22 bits per heavy atom. The van der Waals surface area contributed by atoms with E-state index >= 15 is 0 Å². The van der Waals surface area contributed by atoms with E-state index in [0.717, 1.165) is 26.1 Å². The first kappa shape index (κ1) is 15.9. The topological polar surface area (TPSA) is 24.5 Å². The van der Waals surface area contributed by atoms with Gasteiger partial charge >= 0.3 is 0 Å². The third kappa shape index (κ3) is 7.34. The fourth-order valence-electron chi connectivity index (χ4n) is 2.63. The summed E-state index contributed by atoms with van der Waals surface area (Å²) < 4.78 is 5.87. The minimum atomic E-state index is 0.503. The van der Waals surface area contributed by atoms with Crippen LogP contribution >= 0.6 is 0 Å². The molecule has 1 saturated heterocycles. The second-order valence-electron chi connectivity index (χ2n) is 5.45. The lowest BCUT2D eigenvalue weighted by Gasteiger charge is -2.32. The van der Waals surface area contributed by atoms with Gasteiger partial charge in [0.2, 0.25) is 0 Å². The standard InChI is InChI=1S/C15H32N2O/c1-3-13-18-15-9-8-12-17(14-15)11-7-5-4-6-10-16-2/h15-16H,3-14H2,1-2H3. The van der Waals surface area contributed by atoms with E-state index in [9.17, 15) is 0 Å². The minimum Gasteiger partial charge on any atom is -0.377 e. The molecular weight excluding hydrogens is 224 g/mol. The summed E-state index contributed by atoms with van der Waals surface area (Å²) in [6.45, 7) is 8.00. The fourth-order valence-corrected chi connectivity index (χ4v) is 2.63. The molecule has 3 nitrogen and oxygen atoms in total. The molecule has 1 rings (SSSR count). The van der Waals surface area contributed by atoms with Crippen LogP contribution in [0, 0.1) is 0 Å². The first-order chi connectivity index (χ1) is 8.86. The summed E-state index contributed by atoms with van der Waals surface area (Å²) in [7, 11) is 2.03. The van der Waals surface area contributed by atoms with Crippen LogP contribution in [0.3, 0.4) is 0 Å². The van der Waals surface area contributed by atoms with Crippen LogP contribution in [0.15, 0.2) is 0 Å². The van der Waals surface area contributed by atoms with Gasteiger partial charge in [0.25, 0.3) is 0 Å². The molecule has 0 aliphatic carbocycles. The quantitative estimate of drug-likeness (QED) is 0.608. The summed E-state index contributed by atoms with van der Waals surface area (Å²) in [6.07, 6.45) is 9.63. The highest BCUT2D eigenvalue weighted by Crippen LogP contribution is 2.14. The molecule has 1 atom stereocenters. The average molecular weight is 256 g/mol. The van der Waals surface area contributed by atoms with E-state index < -0.39 is 0 Å². The van der Waals surface area contributed by atoms with Crippen LogP contribution in [0.5, 0.6) is 0 Å². The van der Waals surface area contributed by atoms with Crippen molar-refractivity contribution in [2.75, 3.05) is 39.8 Å². The van der Waals surface area contributed by atoms with Crippen molar-refractivity contribution in [3.05, 3.63) is 0 Å². The molecule has 1 N–H and O–H groups in total. The van der Waals surface area contributed by atoms with Crippen molar-refractivity contribution in [1.82, 2.24) is 10.2 Å². The van der Waals surface area contributed by atoms with Crippen LogP contribution in [-0.2, 0) is 4.74 Å². The molecule has 1 aliphatic heterocycles. The highest BCUT2D eigenvalue weighted by atomic mass is 16.5. The molecular formula is C15H32N2O. The van der Waals surface area contributed by atoms with Crippen molar-refractivity contribution in [3.63, 3.8) is 0 Å². The van der Waals surface area contributed by atoms with Gasteiger partial charge in [-0.05, 0) is 58.8 Å². The highest BCUT2D eigenvalue weighted by molar-refractivity contribution is 4.73. The molecule has 3 heteroatoms. The molecule has 0 radical (unpaired) electrons. The summed E-state index contributed by atoms with van der Waals surface area (Å²) in [5, 5.41) is 3.21. The van der Waals surface area contributed by atoms with Gasteiger partial charge in [-0.25, -0.2) is 0 Å². The van der Waals surface area contributed by atoms with Gasteiger partial charge in [-0.3, -0.25) is 0 Å². The number of hydrogen-bond donors (Lipinski definition) is 1. The number of hydrogen-bond acceptors (Lipinski definition) is 3. The molecule has 0 spiro atoms. The summed E-state index contributed by atoms with van der Waals surface area (Å²) in [5.74, 6) is 0. The lowest BCUT2D eigenvalue weighted by Crippen LogP contribution is -2.40. The molecule has 0 saturated carbocycles. The van der Waals surface area contributed by atoms with Crippen molar-refractivity contribution in [2.45, 2.75) is 58.0 Å². The zero-order chi connectivity index (χ0) is 13.1. The van der Waals surface area contributed by atoms with Crippen molar-refractivity contribution < 1.29 is 4.74 Å². The number of ether oxygens (including phenoxy) is 1. The summed E-state index contributed by atoms with van der Waals surface area (Å²) >= 11 is 0. The molecule has 0 amide bonds.